The van der Waals surface area contributed by atoms with Crippen molar-refractivity contribution in [2.24, 2.45) is 0 Å². The zero-order chi connectivity index (χ0) is 14.5. The lowest BCUT2D eigenvalue weighted by atomic mass is 10.1. The summed E-state index contributed by atoms with van der Waals surface area (Å²) in [5.41, 5.74) is 3.80. The molecule has 0 spiro atoms. The maximum Gasteiger partial charge on any atom is 0.0556 e. The Labute approximate surface area is 124 Å². The molecule has 3 nitrogen and oxygen atoms in total. The minimum atomic E-state index is 0.173. The van der Waals surface area contributed by atoms with Gasteiger partial charge in [-0.2, -0.15) is 0 Å². The highest BCUT2D eigenvalue weighted by molar-refractivity contribution is 5.81. The summed E-state index contributed by atoms with van der Waals surface area (Å²) in [6, 6.07) is 19.2. The van der Waals surface area contributed by atoms with Crippen molar-refractivity contribution in [1.82, 2.24) is 9.88 Å². The fraction of sp³-hybridized carbons (Fsp3) is 0.222. The molecule has 0 atom stereocenters. The van der Waals surface area contributed by atoms with Crippen LogP contribution in [0.5, 0.6) is 0 Å². The van der Waals surface area contributed by atoms with E-state index >= 15 is 0 Å². The molecule has 0 radical (unpaired) electrons. The Bertz CT molecular complexity index is 704. The van der Waals surface area contributed by atoms with Gasteiger partial charge >= 0.3 is 0 Å². The fourth-order valence-corrected chi connectivity index (χ4v) is 2.57. The molecular formula is C18H20N2O. The van der Waals surface area contributed by atoms with Crippen molar-refractivity contribution in [3.63, 3.8) is 0 Å². The zero-order valence-electron chi connectivity index (χ0n) is 12.0. The number of nitrogens with zero attached hydrogens (tertiary/aromatic N) is 1. The third-order valence-electron chi connectivity index (χ3n) is 3.65. The Kier molecular flexibility index (Phi) is 4.34. The van der Waals surface area contributed by atoms with E-state index in [0.717, 1.165) is 13.1 Å². The molecule has 0 bridgehead atoms. The van der Waals surface area contributed by atoms with E-state index in [1.54, 1.807) is 0 Å². The summed E-state index contributed by atoms with van der Waals surface area (Å²) in [5, 5.41) is 13.3. The van der Waals surface area contributed by atoms with Gasteiger partial charge in [0.1, 0.15) is 0 Å². The van der Waals surface area contributed by atoms with Crippen molar-refractivity contribution in [3.8, 4) is 0 Å². The molecule has 0 saturated heterocycles. The summed E-state index contributed by atoms with van der Waals surface area (Å²) in [6.07, 6.45) is 2.14. The van der Waals surface area contributed by atoms with E-state index in [4.69, 9.17) is 5.11 Å². The molecule has 0 unspecified atom stereocenters. The number of aliphatic hydroxyl groups is 1. The Morgan fingerprint density at radius 3 is 2.62 bits per heavy atom. The second kappa shape index (κ2) is 6.57. The van der Waals surface area contributed by atoms with Gasteiger partial charge < -0.3 is 15.0 Å². The van der Waals surface area contributed by atoms with E-state index in [2.05, 4.69) is 64.6 Å². The van der Waals surface area contributed by atoms with E-state index < -0.39 is 0 Å². The second-order valence-electron chi connectivity index (χ2n) is 5.22. The molecule has 3 rings (SSSR count). The highest BCUT2D eigenvalue weighted by atomic mass is 16.3. The minimum Gasteiger partial charge on any atom is -0.395 e. The lowest BCUT2D eigenvalue weighted by Crippen LogP contribution is -2.17. The van der Waals surface area contributed by atoms with Gasteiger partial charge in [-0.1, -0.05) is 42.5 Å². The Morgan fingerprint density at radius 2 is 1.81 bits per heavy atom. The van der Waals surface area contributed by atoms with E-state index in [9.17, 15) is 0 Å². The minimum absolute atomic E-state index is 0.173. The number of aliphatic hydroxyl groups excluding tert-OH is 1. The number of benzene rings is 2. The topological polar surface area (TPSA) is 37.2 Å². The van der Waals surface area contributed by atoms with E-state index in [0.29, 0.717) is 6.54 Å². The lowest BCUT2D eigenvalue weighted by molar-refractivity contribution is 0.292. The highest BCUT2D eigenvalue weighted by Gasteiger charge is 2.03. The van der Waals surface area contributed by atoms with Crippen LogP contribution in [0.3, 0.4) is 0 Å². The first-order chi connectivity index (χ1) is 10.4. The zero-order valence-corrected chi connectivity index (χ0v) is 12.0. The first-order valence-corrected chi connectivity index (χ1v) is 7.30. The largest absolute Gasteiger partial charge is 0.395 e. The predicted octanol–water partition coefficient (Wildman–Crippen LogP) is 2.77. The van der Waals surface area contributed by atoms with Crippen LogP contribution >= 0.6 is 0 Å². The third-order valence-corrected chi connectivity index (χ3v) is 3.65. The molecule has 0 aliphatic heterocycles. The summed E-state index contributed by atoms with van der Waals surface area (Å²) in [6.45, 7) is 2.47. The van der Waals surface area contributed by atoms with Gasteiger partial charge in [0.05, 0.1) is 6.61 Å². The average molecular weight is 280 g/mol. The van der Waals surface area contributed by atoms with Crippen molar-refractivity contribution in [1.29, 1.82) is 0 Å². The van der Waals surface area contributed by atoms with E-state index in [-0.39, 0.29) is 6.61 Å². The monoisotopic (exact) mass is 280 g/mol. The SMILES string of the molecule is OCCNCc1ccc2ccn(Cc3ccccc3)c2c1. The van der Waals surface area contributed by atoms with Gasteiger partial charge in [-0.05, 0) is 28.6 Å². The van der Waals surface area contributed by atoms with Crippen LogP contribution in [0, 0.1) is 0 Å². The molecule has 2 N–H and O–H groups in total. The molecular weight excluding hydrogens is 260 g/mol. The van der Waals surface area contributed by atoms with Crippen molar-refractivity contribution >= 4 is 10.9 Å². The molecule has 2 aromatic carbocycles. The van der Waals surface area contributed by atoms with Crippen LogP contribution in [-0.4, -0.2) is 22.8 Å². The molecule has 3 heteroatoms. The van der Waals surface area contributed by atoms with Crippen molar-refractivity contribution < 1.29 is 5.11 Å². The average Bonchev–Trinajstić information content (AvgIpc) is 2.91. The number of hydrogen-bond acceptors (Lipinski definition) is 2. The first-order valence-electron chi connectivity index (χ1n) is 7.30. The predicted molar refractivity (Wildman–Crippen MR) is 86.3 cm³/mol. The number of nitrogens with one attached hydrogen (secondary N) is 1. The van der Waals surface area contributed by atoms with Crippen LogP contribution in [0.2, 0.25) is 0 Å². The maximum atomic E-state index is 8.82. The van der Waals surface area contributed by atoms with Crippen LogP contribution in [0.4, 0.5) is 0 Å². The van der Waals surface area contributed by atoms with Crippen LogP contribution < -0.4 is 5.32 Å². The standard InChI is InChI=1S/C18H20N2O/c21-11-9-19-13-16-6-7-17-8-10-20(18(17)12-16)14-15-4-2-1-3-5-15/h1-8,10,12,19,21H,9,11,13-14H2. The Hall–Kier alpha value is -2.10. The van der Waals surface area contributed by atoms with Gasteiger partial charge in [0.25, 0.3) is 0 Å². The number of aromatic nitrogens is 1. The Morgan fingerprint density at radius 1 is 0.952 bits per heavy atom. The third kappa shape index (κ3) is 3.32. The van der Waals surface area contributed by atoms with E-state index in [1.807, 2.05) is 6.07 Å². The van der Waals surface area contributed by atoms with E-state index in [1.165, 1.54) is 22.0 Å². The van der Waals surface area contributed by atoms with Crippen molar-refractivity contribution in [3.05, 3.63) is 71.9 Å². The molecule has 3 aromatic rings. The Balaban J connectivity index is 1.83. The van der Waals surface area contributed by atoms with Crippen LogP contribution in [0.15, 0.2) is 60.8 Å². The molecule has 1 aromatic heterocycles. The van der Waals surface area contributed by atoms with Crippen LogP contribution in [0.25, 0.3) is 10.9 Å². The maximum absolute atomic E-state index is 8.82. The highest BCUT2D eigenvalue weighted by Crippen LogP contribution is 2.19. The number of fused-ring (bicyclic) bond motifs is 1. The fourth-order valence-electron chi connectivity index (χ4n) is 2.57. The molecule has 0 aliphatic carbocycles. The molecule has 0 fully saturated rings. The first kappa shape index (κ1) is 13.9. The van der Waals surface area contributed by atoms with Gasteiger partial charge in [-0.15, -0.1) is 0 Å². The number of hydrogen-bond donors (Lipinski definition) is 2. The van der Waals surface area contributed by atoms with Crippen LogP contribution in [-0.2, 0) is 13.1 Å². The summed E-state index contributed by atoms with van der Waals surface area (Å²) >= 11 is 0. The quantitative estimate of drug-likeness (QED) is 0.681. The van der Waals surface area contributed by atoms with Gasteiger partial charge in [-0.3, -0.25) is 0 Å². The van der Waals surface area contributed by atoms with Gasteiger partial charge in [0.2, 0.25) is 0 Å². The lowest BCUT2D eigenvalue weighted by Gasteiger charge is -2.08. The van der Waals surface area contributed by atoms with Crippen molar-refractivity contribution in [2.75, 3.05) is 13.2 Å². The molecule has 21 heavy (non-hydrogen) atoms. The molecule has 0 saturated carbocycles. The summed E-state index contributed by atoms with van der Waals surface area (Å²) in [5.74, 6) is 0. The van der Waals surface area contributed by atoms with Crippen LogP contribution in [0.1, 0.15) is 11.1 Å². The van der Waals surface area contributed by atoms with Gasteiger partial charge in [-0.25, -0.2) is 0 Å². The van der Waals surface area contributed by atoms with Gasteiger partial charge in [0.15, 0.2) is 0 Å². The normalized spacial score (nSPS) is 11.1. The summed E-state index contributed by atoms with van der Waals surface area (Å²) in [4.78, 5) is 0. The van der Waals surface area contributed by atoms with Crippen molar-refractivity contribution in [2.45, 2.75) is 13.1 Å². The smallest absolute Gasteiger partial charge is 0.0556 e. The molecule has 108 valence electrons. The second-order valence-corrected chi connectivity index (χ2v) is 5.22. The summed E-state index contributed by atoms with van der Waals surface area (Å²) in [7, 11) is 0. The number of rotatable bonds is 6. The molecule has 0 aliphatic rings. The molecule has 0 amide bonds. The summed E-state index contributed by atoms with van der Waals surface area (Å²) < 4.78 is 2.28. The van der Waals surface area contributed by atoms with Gasteiger partial charge in [0, 0.05) is 31.3 Å². The molecule has 1 heterocycles.